The minimum atomic E-state index is -0.163. The van der Waals surface area contributed by atoms with Crippen molar-refractivity contribution < 1.29 is 0 Å². The Morgan fingerprint density at radius 3 is 2.72 bits per heavy atom. The van der Waals surface area contributed by atoms with Crippen molar-refractivity contribution in [3.05, 3.63) is 0 Å². The van der Waals surface area contributed by atoms with Gasteiger partial charge in [0.05, 0.1) is 11.5 Å². The maximum Gasteiger partial charge on any atom is 0.0683 e. The minimum absolute atomic E-state index is 0.163. The van der Waals surface area contributed by atoms with E-state index in [9.17, 15) is 0 Å². The first-order chi connectivity index (χ1) is 8.57. The van der Waals surface area contributed by atoms with E-state index in [1.54, 1.807) is 0 Å². The van der Waals surface area contributed by atoms with E-state index >= 15 is 0 Å². The largest absolute Gasteiger partial charge is 0.313 e. The predicted molar refractivity (Wildman–Crippen MR) is 76.4 cm³/mol. The SMILES string of the molecule is CCCN(CCCC(C)(C)C#N)CC1CCCN1. The normalized spacial score (nSPS) is 20.3. The van der Waals surface area contributed by atoms with Gasteiger partial charge in [-0.15, -0.1) is 0 Å². The average molecular weight is 251 g/mol. The van der Waals surface area contributed by atoms with Gasteiger partial charge in [0.2, 0.25) is 0 Å². The molecule has 1 aliphatic heterocycles. The lowest BCUT2D eigenvalue weighted by Gasteiger charge is -2.26. The Kier molecular flexibility index (Phi) is 6.67. The molecule has 3 nitrogen and oxygen atoms in total. The summed E-state index contributed by atoms with van der Waals surface area (Å²) in [7, 11) is 0. The third-order valence-electron chi connectivity index (χ3n) is 3.76. The van der Waals surface area contributed by atoms with Gasteiger partial charge in [0, 0.05) is 12.6 Å². The maximum atomic E-state index is 9.02. The summed E-state index contributed by atoms with van der Waals surface area (Å²) in [5, 5.41) is 12.6. The van der Waals surface area contributed by atoms with Crippen LogP contribution in [0.4, 0.5) is 0 Å². The van der Waals surface area contributed by atoms with Crippen molar-refractivity contribution >= 4 is 0 Å². The van der Waals surface area contributed by atoms with E-state index in [-0.39, 0.29) is 5.41 Å². The molecule has 18 heavy (non-hydrogen) atoms. The van der Waals surface area contributed by atoms with Crippen molar-refractivity contribution in [1.29, 1.82) is 5.26 Å². The molecule has 0 amide bonds. The van der Waals surface area contributed by atoms with Gasteiger partial charge in [-0.3, -0.25) is 0 Å². The second kappa shape index (κ2) is 7.76. The molecule has 1 rings (SSSR count). The van der Waals surface area contributed by atoms with Gasteiger partial charge in [0.1, 0.15) is 0 Å². The Labute approximate surface area is 113 Å². The number of rotatable bonds is 8. The van der Waals surface area contributed by atoms with E-state index in [4.69, 9.17) is 5.26 Å². The fourth-order valence-corrected chi connectivity index (χ4v) is 2.64. The van der Waals surface area contributed by atoms with Crippen LogP contribution in [0.5, 0.6) is 0 Å². The van der Waals surface area contributed by atoms with Crippen LogP contribution in [0.1, 0.15) is 52.9 Å². The second-order valence-corrected chi connectivity index (χ2v) is 6.19. The fourth-order valence-electron chi connectivity index (χ4n) is 2.64. The van der Waals surface area contributed by atoms with Crippen LogP contribution in [0.15, 0.2) is 0 Å². The summed E-state index contributed by atoms with van der Waals surface area (Å²) in [6.07, 6.45) is 6.00. The van der Waals surface area contributed by atoms with E-state index in [2.05, 4.69) is 23.2 Å². The van der Waals surface area contributed by atoms with Crippen molar-refractivity contribution in [3.8, 4) is 6.07 Å². The molecule has 1 atom stereocenters. The first kappa shape index (κ1) is 15.5. The highest BCUT2D eigenvalue weighted by Crippen LogP contribution is 2.21. The molecular formula is C15H29N3. The van der Waals surface area contributed by atoms with E-state index < -0.39 is 0 Å². The molecule has 1 saturated heterocycles. The summed E-state index contributed by atoms with van der Waals surface area (Å²) in [4.78, 5) is 2.57. The summed E-state index contributed by atoms with van der Waals surface area (Å²) in [5.74, 6) is 0. The third kappa shape index (κ3) is 5.84. The highest BCUT2D eigenvalue weighted by atomic mass is 15.1. The minimum Gasteiger partial charge on any atom is -0.313 e. The Bertz CT molecular complexity index is 261. The van der Waals surface area contributed by atoms with Crippen LogP contribution in [-0.2, 0) is 0 Å². The molecule has 0 aliphatic carbocycles. The van der Waals surface area contributed by atoms with Gasteiger partial charge >= 0.3 is 0 Å². The lowest BCUT2D eigenvalue weighted by molar-refractivity contribution is 0.235. The number of hydrogen-bond acceptors (Lipinski definition) is 3. The molecule has 0 aromatic carbocycles. The predicted octanol–water partition coefficient (Wildman–Crippen LogP) is 2.78. The summed E-state index contributed by atoms with van der Waals surface area (Å²) < 4.78 is 0. The van der Waals surface area contributed by atoms with E-state index in [1.807, 2.05) is 13.8 Å². The summed E-state index contributed by atoms with van der Waals surface area (Å²) >= 11 is 0. The first-order valence-corrected chi connectivity index (χ1v) is 7.44. The van der Waals surface area contributed by atoms with Crippen molar-refractivity contribution in [2.24, 2.45) is 5.41 Å². The molecule has 1 aliphatic rings. The van der Waals surface area contributed by atoms with Gasteiger partial charge in [0.15, 0.2) is 0 Å². The van der Waals surface area contributed by atoms with Crippen LogP contribution in [0.2, 0.25) is 0 Å². The lowest BCUT2D eigenvalue weighted by atomic mass is 9.90. The highest BCUT2D eigenvalue weighted by molar-refractivity contribution is 4.91. The molecule has 0 radical (unpaired) electrons. The molecule has 3 heteroatoms. The number of nitrogens with zero attached hydrogens (tertiary/aromatic N) is 2. The summed E-state index contributed by atoms with van der Waals surface area (Å²) in [5.41, 5.74) is -0.163. The lowest BCUT2D eigenvalue weighted by Crippen LogP contribution is -2.38. The zero-order chi connectivity index (χ0) is 13.4. The smallest absolute Gasteiger partial charge is 0.0683 e. The fraction of sp³-hybridized carbons (Fsp3) is 0.933. The van der Waals surface area contributed by atoms with E-state index in [0.29, 0.717) is 6.04 Å². The molecule has 104 valence electrons. The van der Waals surface area contributed by atoms with Crippen LogP contribution in [0, 0.1) is 16.7 Å². The van der Waals surface area contributed by atoms with Gasteiger partial charge in [0.25, 0.3) is 0 Å². The van der Waals surface area contributed by atoms with Crippen LogP contribution >= 0.6 is 0 Å². The molecular weight excluding hydrogens is 222 g/mol. The van der Waals surface area contributed by atoms with Gasteiger partial charge in [-0.05, 0) is 65.6 Å². The molecule has 0 saturated carbocycles. The van der Waals surface area contributed by atoms with E-state index in [0.717, 1.165) is 19.4 Å². The molecule has 1 N–H and O–H groups in total. The number of nitrogens with one attached hydrogen (secondary N) is 1. The first-order valence-electron chi connectivity index (χ1n) is 7.44. The maximum absolute atomic E-state index is 9.02. The average Bonchev–Trinajstić information content (AvgIpc) is 2.82. The standard InChI is InChI=1S/C15H29N3/c1-4-10-18(12-14-7-5-9-17-14)11-6-8-15(2,3)13-16/h14,17H,4-12H2,1-3H3. The Morgan fingerprint density at radius 2 is 2.17 bits per heavy atom. The summed E-state index contributed by atoms with van der Waals surface area (Å²) in [6, 6.07) is 3.08. The number of hydrogen-bond donors (Lipinski definition) is 1. The molecule has 0 spiro atoms. The highest BCUT2D eigenvalue weighted by Gasteiger charge is 2.19. The quantitative estimate of drug-likeness (QED) is 0.721. The molecule has 1 fully saturated rings. The van der Waals surface area contributed by atoms with Crippen LogP contribution < -0.4 is 5.32 Å². The van der Waals surface area contributed by atoms with Crippen LogP contribution in [0.3, 0.4) is 0 Å². The third-order valence-corrected chi connectivity index (χ3v) is 3.76. The van der Waals surface area contributed by atoms with Crippen LogP contribution in [0.25, 0.3) is 0 Å². The van der Waals surface area contributed by atoms with Gasteiger partial charge in [-0.25, -0.2) is 0 Å². The molecule has 0 aromatic rings. The number of nitriles is 1. The van der Waals surface area contributed by atoms with Gasteiger partial charge < -0.3 is 10.2 Å². The topological polar surface area (TPSA) is 39.1 Å². The van der Waals surface area contributed by atoms with Gasteiger partial charge in [-0.1, -0.05) is 6.92 Å². The van der Waals surface area contributed by atoms with Crippen molar-refractivity contribution in [1.82, 2.24) is 10.2 Å². The van der Waals surface area contributed by atoms with E-state index in [1.165, 1.54) is 38.9 Å². The molecule has 0 aromatic heterocycles. The second-order valence-electron chi connectivity index (χ2n) is 6.19. The van der Waals surface area contributed by atoms with Gasteiger partial charge in [-0.2, -0.15) is 5.26 Å². The molecule has 1 heterocycles. The monoisotopic (exact) mass is 251 g/mol. The van der Waals surface area contributed by atoms with Crippen molar-refractivity contribution in [2.75, 3.05) is 26.2 Å². The van der Waals surface area contributed by atoms with Crippen molar-refractivity contribution in [3.63, 3.8) is 0 Å². The Hall–Kier alpha value is -0.590. The zero-order valence-electron chi connectivity index (χ0n) is 12.3. The van der Waals surface area contributed by atoms with Crippen molar-refractivity contribution in [2.45, 2.75) is 58.9 Å². The molecule has 1 unspecified atom stereocenters. The zero-order valence-corrected chi connectivity index (χ0v) is 12.3. The Balaban J connectivity index is 2.26. The summed E-state index contributed by atoms with van der Waals surface area (Å²) in [6.45, 7) is 11.0. The van der Waals surface area contributed by atoms with Crippen LogP contribution in [-0.4, -0.2) is 37.1 Å². The molecule has 0 bridgehead atoms. The Morgan fingerprint density at radius 1 is 1.39 bits per heavy atom.